The Morgan fingerprint density at radius 1 is 1.04 bits per heavy atom. The summed E-state index contributed by atoms with van der Waals surface area (Å²) in [6, 6.07) is 14.9. The van der Waals surface area contributed by atoms with Crippen molar-refractivity contribution < 1.29 is 9.59 Å². The van der Waals surface area contributed by atoms with E-state index in [0.29, 0.717) is 27.0 Å². The van der Waals surface area contributed by atoms with Gasteiger partial charge in [-0.25, -0.2) is 0 Å². The smallest absolute Gasteiger partial charge is 0.271 e. The molecule has 0 spiro atoms. The van der Waals surface area contributed by atoms with Crippen molar-refractivity contribution in [1.82, 2.24) is 0 Å². The average molecular weight is 445 g/mol. The molecule has 0 aliphatic carbocycles. The first-order valence-electron chi connectivity index (χ1n) is 8.00. The SMILES string of the molecule is CCN1C(=O)C(=C2SC(=S)N(c3ccc(Br)cc3)C2=O)c2ccccc21. The van der Waals surface area contributed by atoms with Gasteiger partial charge in [0, 0.05) is 16.6 Å². The van der Waals surface area contributed by atoms with E-state index in [1.807, 2.05) is 55.5 Å². The Morgan fingerprint density at radius 3 is 2.42 bits per heavy atom. The maximum atomic E-state index is 13.1. The van der Waals surface area contributed by atoms with Crippen LogP contribution in [0.2, 0.25) is 0 Å². The highest BCUT2D eigenvalue weighted by atomic mass is 79.9. The molecule has 4 nitrogen and oxygen atoms in total. The predicted molar refractivity (Wildman–Crippen MR) is 113 cm³/mol. The highest BCUT2D eigenvalue weighted by Crippen LogP contribution is 2.45. The zero-order valence-corrected chi connectivity index (χ0v) is 17.0. The Labute approximate surface area is 169 Å². The summed E-state index contributed by atoms with van der Waals surface area (Å²) in [5, 5.41) is 0. The molecule has 7 heteroatoms. The number of thiocarbonyl (C=S) groups is 1. The molecule has 2 aromatic rings. The Morgan fingerprint density at radius 2 is 1.73 bits per heavy atom. The molecule has 0 saturated carbocycles. The van der Waals surface area contributed by atoms with Crippen LogP contribution in [-0.2, 0) is 9.59 Å². The fraction of sp³-hybridized carbons (Fsp3) is 0.105. The second-order valence-electron chi connectivity index (χ2n) is 5.76. The number of hydrogen-bond acceptors (Lipinski definition) is 4. The Hall–Kier alpha value is -1.96. The first-order chi connectivity index (χ1) is 12.5. The van der Waals surface area contributed by atoms with Gasteiger partial charge in [-0.05, 0) is 37.3 Å². The molecule has 4 rings (SSSR count). The van der Waals surface area contributed by atoms with Crippen LogP contribution in [0.4, 0.5) is 11.4 Å². The van der Waals surface area contributed by atoms with E-state index in [-0.39, 0.29) is 11.8 Å². The minimum absolute atomic E-state index is 0.148. The number of fused-ring (bicyclic) bond motifs is 1. The topological polar surface area (TPSA) is 40.6 Å². The number of anilines is 2. The second kappa shape index (κ2) is 6.64. The van der Waals surface area contributed by atoms with Crippen LogP contribution in [-0.4, -0.2) is 22.7 Å². The van der Waals surface area contributed by atoms with E-state index in [0.717, 1.165) is 15.7 Å². The Bertz CT molecular complexity index is 985. The third-order valence-electron chi connectivity index (χ3n) is 4.32. The molecule has 1 fully saturated rings. The van der Waals surface area contributed by atoms with Crippen molar-refractivity contribution in [3.63, 3.8) is 0 Å². The van der Waals surface area contributed by atoms with Gasteiger partial charge in [-0.2, -0.15) is 0 Å². The molecule has 0 bridgehead atoms. The summed E-state index contributed by atoms with van der Waals surface area (Å²) < 4.78 is 1.35. The molecule has 0 radical (unpaired) electrons. The molecule has 130 valence electrons. The molecule has 0 unspecified atom stereocenters. The highest BCUT2D eigenvalue weighted by molar-refractivity contribution is 9.10. The third-order valence-corrected chi connectivity index (χ3v) is 6.22. The van der Waals surface area contributed by atoms with E-state index in [1.165, 1.54) is 16.7 Å². The molecular weight excluding hydrogens is 432 g/mol. The number of carbonyl (C=O) groups is 2. The van der Waals surface area contributed by atoms with Crippen molar-refractivity contribution in [2.45, 2.75) is 6.92 Å². The van der Waals surface area contributed by atoms with Crippen molar-refractivity contribution in [2.24, 2.45) is 0 Å². The number of likely N-dealkylation sites (N-methyl/N-ethyl adjacent to an activating group) is 1. The minimum atomic E-state index is -0.251. The molecular formula is C19H13BrN2O2S2. The van der Waals surface area contributed by atoms with Gasteiger partial charge in [-0.1, -0.05) is 58.1 Å². The zero-order valence-electron chi connectivity index (χ0n) is 13.7. The number of benzene rings is 2. The number of thioether (sulfide) groups is 1. The number of para-hydroxylation sites is 1. The normalized spacial score (nSPS) is 19.5. The molecule has 2 amide bonds. The molecule has 0 atom stereocenters. The summed E-state index contributed by atoms with van der Waals surface area (Å²) >= 11 is 10.0. The van der Waals surface area contributed by atoms with E-state index in [9.17, 15) is 9.59 Å². The van der Waals surface area contributed by atoms with Gasteiger partial charge in [-0.3, -0.25) is 14.5 Å². The van der Waals surface area contributed by atoms with Crippen LogP contribution in [0.3, 0.4) is 0 Å². The number of amides is 2. The lowest BCUT2D eigenvalue weighted by molar-refractivity contribution is -0.115. The van der Waals surface area contributed by atoms with E-state index in [4.69, 9.17) is 12.2 Å². The van der Waals surface area contributed by atoms with Gasteiger partial charge in [0.05, 0.1) is 21.9 Å². The van der Waals surface area contributed by atoms with Crippen LogP contribution >= 0.6 is 39.9 Å². The van der Waals surface area contributed by atoms with Gasteiger partial charge >= 0.3 is 0 Å². The second-order valence-corrected chi connectivity index (χ2v) is 8.32. The largest absolute Gasteiger partial charge is 0.308 e. The lowest BCUT2D eigenvalue weighted by Gasteiger charge is -2.14. The number of hydrogen-bond donors (Lipinski definition) is 0. The van der Waals surface area contributed by atoms with E-state index in [1.54, 1.807) is 4.90 Å². The predicted octanol–water partition coefficient (Wildman–Crippen LogP) is 4.59. The summed E-state index contributed by atoms with van der Waals surface area (Å²) in [6.45, 7) is 2.47. The van der Waals surface area contributed by atoms with Crippen LogP contribution in [0.25, 0.3) is 5.57 Å². The molecule has 2 aliphatic rings. The van der Waals surface area contributed by atoms with Crippen LogP contribution in [0.1, 0.15) is 12.5 Å². The first-order valence-corrected chi connectivity index (χ1v) is 10.0. The average Bonchev–Trinajstić information content (AvgIpc) is 3.08. The highest BCUT2D eigenvalue weighted by Gasteiger charge is 2.42. The lowest BCUT2D eigenvalue weighted by Crippen LogP contribution is -2.29. The summed E-state index contributed by atoms with van der Waals surface area (Å²) in [4.78, 5) is 29.6. The van der Waals surface area contributed by atoms with Crippen molar-refractivity contribution in [2.75, 3.05) is 16.3 Å². The van der Waals surface area contributed by atoms with Crippen molar-refractivity contribution in [1.29, 1.82) is 0 Å². The van der Waals surface area contributed by atoms with Crippen molar-refractivity contribution >= 4 is 73.0 Å². The lowest BCUT2D eigenvalue weighted by atomic mass is 10.1. The molecule has 26 heavy (non-hydrogen) atoms. The summed E-state index contributed by atoms with van der Waals surface area (Å²) in [6.07, 6.45) is 0. The fourth-order valence-electron chi connectivity index (χ4n) is 3.15. The van der Waals surface area contributed by atoms with Crippen molar-refractivity contribution in [3.8, 4) is 0 Å². The fourth-order valence-corrected chi connectivity index (χ4v) is 4.78. The summed E-state index contributed by atoms with van der Waals surface area (Å²) in [7, 11) is 0. The Kier molecular flexibility index (Phi) is 4.46. The standard InChI is InChI=1S/C19H13BrN2O2S2/c1-2-21-14-6-4-3-5-13(14)15(17(21)23)16-18(24)22(19(25)26-16)12-9-7-11(20)8-10-12/h3-10H,2H2,1H3. The van der Waals surface area contributed by atoms with E-state index in [2.05, 4.69) is 15.9 Å². The molecule has 2 aliphatic heterocycles. The van der Waals surface area contributed by atoms with Gasteiger partial charge in [0.1, 0.15) is 0 Å². The zero-order chi connectivity index (χ0) is 18.4. The van der Waals surface area contributed by atoms with Gasteiger partial charge in [0.25, 0.3) is 11.8 Å². The molecule has 2 aromatic carbocycles. The van der Waals surface area contributed by atoms with Crippen LogP contribution < -0.4 is 9.80 Å². The van der Waals surface area contributed by atoms with Crippen molar-refractivity contribution in [3.05, 3.63) is 63.5 Å². The minimum Gasteiger partial charge on any atom is -0.308 e. The van der Waals surface area contributed by atoms with Gasteiger partial charge in [0.15, 0.2) is 4.32 Å². The summed E-state index contributed by atoms with van der Waals surface area (Å²) in [5.41, 5.74) is 2.76. The van der Waals surface area contributed by atoms with Gasteiger partial charge in [-0.15, -0.1) is 0 Å². The maximum Gasteiger partial charge on any atom is 0.271 e. The van der Waals surface area contributed by atoms with Crippen LogP contribution in [0, 0.1) is 0 Å². The van der Waals surface area contributed by atoms with Gasteiger partial charge in [0.2, 0.25) is 0 Å². The molecule has 0 N–H and O–H groups in total. The Balaban J connectivity index is 1.83. The third kappa shape index (κ3) is 2.62. The van der Waals surface area contributed by atoms with Crippen LogP contribution in [0.15, 0.2) is 57.9 Å². The molecule has 2 heterocycles. The van der Waals surface area contributed by atoms with Crippen LogP contribution in [0.5, 0.6) is 0 Å². The molecule has 0 aromatic heterocycles. The number of rotatable bonds is 2. The number of nitrogens with zero attached hydrogens (tertiary/aromatic N) is 2. The molecule has 1 saturated heterocycles. The van der Waals surface area contributed by atoms with Gasteiger partial charge < -0.3 is 4.90 Å². The first kappa shape index (κ1) is 17.5. The quantitative estimate of drug-likeness (QED) is 0.501. The summed E-state index contributed by atoms with van der Waals surface area (Å²) in [5.74, 6) is -0.400. The monoisotopic (exact) mass is 444 g/mol. The number of carbonyl (C=O) groups excluding carboxylic acids is 2. The van der Waals surface area contributed by atoms with E-state index < -0.39 is 0 Å². The van der Waals surface area contributed by atoms with E-state index >= 15 is 0 Å². The maximum absolute atomic E-state index is 13.1. The number of halogens is 1.